The van der Waals surface area contributed by atoms with E-state index in [1.54, 1.807) is 0 Å². The molecule has 4 rings (SSSR count). The molecule has 0 atom stereocenters. The summed E-state index contributed by atoms with van der Waals surface area (Å²) < 4.78 is 20.4. The first-order valence-electron chi connectivity index (χ1n) is 30.7. The number of carbonyl (C=O) groups excluding carboxylic acids is 4. The van der Waals surface area contributed by atoms with E-state index in [9.17, 15) is 19.2 Å². The molecule has 0 aliphatic heterocycles. The summed E-state index contributed by atoms with van der Waals surface area (Å²) in [5.41, 5.74) is 4.16. The Bertz CT molecular complexity index is 1970. The zero-order valence-electron chi connectivity index (χ0n) is 49.4. The molecule has 0 heterocycles. The van der Waals surface area contributed by atoms with Crippen LogP contribution in [0, 0.1) is 0 Å². The maximum absolute atomic E-state index is 11.7. The van der Waals surface area contributed by atoms with Crippen LogP contribution in [-0.4, -0.2) is 23.9 Å². The molecule has 434 valence electrons. The third-order valence-corrected chi connectivity index (χ3v) is 13.1. The van der Waals surface area contributed by atoms with Crippen LogP contribution in [0.4, 0.5) is 0 Å². The van der Waals surface area contributed by atoms with Gasteiger partial charge in [-0.2, -0.15) is 0 Å². The molecule has 0 bridgehead atoms. The van der Waals surface area contributed by atoms with Gasteiger partial charge in [0.05, 0.1) is 0 Å². The largest absolute Gasteiger partial charge is 0.461 e. The normalized spacial score (nSPS) is 10.5. The monoisotopic (exact) mass is 1070 g/mol. The Morgan fingerprint density at radius 2 is 0.538 bits per heavy atom. The lowest BCUT2D eigenvalue weighted by atomic mass is 10.0. The smallest absolute Gasteiger partial charge is 0.306 e. The van der Waals surface area contributed by atoms with E-state index < -0.39 is 0 Å². The van der Waals surface area contributed by atoms with Gasteiger partial charge in [0.15, 0.2) is 0 Å². The van der Waals surface area contributed by atoms with Crippen molar-refractivity contribution in [3.8, 4) is 0 Å². The Morgan fingerprint density at radius 1 is 0.295 bits per heavy atom. The lowest BCUT2D eigenvalue weighted by Gasteiger charge is -2.05. The van der Waals surface area contributed by atoms with Gasteiger partial charge < -0.3 is 18.9 Å². The molecular weight excluding hydrogens is 969 g/mol. The molecule has 0 fully saturated rings. The first-order valence-corrected chi connectivity index (χ1v) is 30.7. The molecule has 78 heavy (non-hydrogen) atoms. The van der Waals surface area contributed by atoms with Gasteiger partial charge in [-0.3, -0.25) is 19.2 Å². The van der Waals surface area contributed by atoms with Gasteiger partial charge in [0.25, 0.3) is 0 Å². The summed E-state index contributed by atoms with van der Waals surface area (Å²) in [5.74, 6) is -0.495. The minimum absolute atomic E-state index is 0.0615. The number of rotatable bonds is 41. The molecule has 4 aromatic rings. The first-order chi connectivity index (χ1) is 38.3. The van der Waals surface area contributed by atoms with Crippen molar-refractivity contribution in [3.63, 3.8) is 0 Å². The second kappa shape index (κ2) is 54.8. The predicted molar refractivity (Wildman–Crippen MR) is 325 cm³/mol. The Balaban J connectivity index is 0.000000555. The molecule has 8 nitrogen and oxygen atoms in total. The summed E-state index contributed by atoms with van der Waals surface area (Å²) in [5, 5.41) is 0. The van der Waals surface area contributed by atoms with Crippen LogP contribution in [0.25, 0.3) is 0 Å². The van der Waals surface area contributed by atoms with Gasteiger partial charge in [-0.1, -0.05) is 296 Å². The van der Waals surface area contributed by atoms with Crippen LogP contribution in [0.2, 0.25) is 0 Å². The average Bonchev–Trinajstić information content (AvgIpc) is 3.46. The fraction of sp³-hybridized carbons (Fsp3) is 0.571. The summed E-state index contributed by atoms with van der Waals surface area (Å²) in [4.78, 5) is 44.8. The molecule has 0 unspecified atom stereocenters. The van der Waals surface area contributed by atoms with E-state index in [4.69, 9.17) is 18.9 Å². The molecule has 4 aromatic carbocycles. The minimum Gasteiger partial charge on any atom is -0.461 e. The molecule has 0 aromatic heterocycles. The number of hydrogen-bond donors (Lipinski definition) is 0. The van der Waals surface area contributed by atoms with E-state index in [2.05, 4.69) is 26.0 Å². The van der Waals surface area contributed by atoms with Crippen LogP contribution in [0.15, 0.2) is 133 Å². The number of carbonyl (C=O) groups is 4. The van der Waals surface area contributed by atoms with Crippen LogP contribution in [0.1, 0.15) is 255 Å². The molecule has 8 heteroatoms. The molecule has 0 N–H and O–H groups in total. The van der Waals surface area contributed by atoms with Crippen LogP contribution in [0.3, 0.4) is 0 Å². The number of benzene rings is 4. The first kappa shape index (κ1) is 70.5. The van der Waals surface area contributed by atoms with Crippen molar-refractivity contribution in [1.82, 2.24) is 0 Å². The maximum Gasteiger partial charge on any atom is 0.306 e. The van der Waals surface area contributed by atoms with Crippen molar-refractivity contribution in [2.75, 3.05) is 0 Å². The van der Waals surface area contributed by atoms with Crippen LogP contribution in [0.5, 0.6) is 0 Å². The van der Waals surface area contributed by atoms with Gasteiger partial charge in [-0.25, -0.2) is 0 Å². The third-order valence-electron chi connectivity index (χ3n) is 13.1. The highest BCUT2D eigenvalue weighted by atomic mass is 16.5. The summed E-state index contributed by atoms with van der Waals surface area (Å²) in [6.07, 6.45) is 43.9. The Hall–Kier alpha value is -5.50. The Morgan fingerprint density at radius 3 is 0.808 bits per heavy atom. The fourth-order valence-corrected chi connectivity index (χ4v) is 8.37. The standard InChI is InChI=1S/C25H42O2.C25H40O2.C11H14O2.C9H10O2/c2*1-2-3-4-5-6-7-8-9-10-11-12-13-14-15-19-22-25(26)27-23-24-20-17-16-18-21-24;1-2-6-11(12)13-9-10-7-4-3-5-8-10;1-8(10)11-7-9-5-3-2-4-6-9/h16-18,20-21H,2-15,19,22-23H2,1H3;9-10,16-18,20-21H,2-8,11-15,19,22-23H2,1H3;3-5,7-8H,2,6,9H2,1H3;2-6H,7H2,1H3/b;10-9-;;. The Kier molecular flexibility index (Phi) is 49.6. The van der Waals surface area contributed by atoms with Gasteiger partial charge in [-0.15, -0.1) is 0 Å². The van der Waals surface area contributed by atoms with E-state index in [0.717, 1.165) is 54.4 Å². The number of allylic oxidation sites excluding steroid dienone is 2. The van der Waals surface area contributed by atoms with Gasteiger partial charge in [0.2, 0.25) is 0 Å². The number of ether oxygens (including phenoxy) is 4. The topological polar surface area (TPSA) is 105 Å². The van der Waals surface area contributed by atoms with Crippen LogP contribution < -0.4 is 0 Å². The zero-order chi connectivity index (χ0) is 56.5. The number of esters is 4. The summed E-state index contributed by atoms with van der Waals surface area (Å²) >= 11 is 0. The zero-order valence-corrected chi connectivity index (χ0v) is 49.4. The second-order valence-corrected chi connectivity index (χ2v) is 20.5. The molecular formula is C70H106O8. The molecule has 0 spiro atoms. The molecule has 0 aliphatic carbocycles. The van der Waals surface area contributed by atoms with Gasteiger partial charge in [0, 0.05) is 26.2 Å². The van der Waals surface area contributed by atoms with Crippen molar-refractivity contribution < 1.29 is 38.1 Å². The summed E-state index contributed by atoms with van der Waals surface area (Å²) in [7, 11) is 0. The van der Waals surface area contributed by atoms with E-state index in [1.165, 1.54) is 161 Å². The highest BCUT2D eigenvalue weighted by Crippen LogP contribution is 2.15. The van der Waals surface area contributed by atoms with Gasteiger partial charge in [0.1, 0.15) is 26.4 Å². The Labute approximate surface area is 475 Å². The van der Waals surface area contributed by atoms with E-state index in [-0.39, 0.29) is 23.9 Å². The highest BCUT2D eigenvalue weighted by molar-refractivity contribution is 5.70. The molecule has 0 saturated carbocycles. The fourth-order valence-electron chi connectivity index (χ4n) is 8.37. The SMILES string of the molecule is CC(=O)OCc1ccccc1.CCCC(=O)OCc1ccccc1.CCCCCCCC/C=C\CCCCCCCC(=O)OCc1ccccc1.CCCCCCCCCCCCCCCCCC(=O)OCc1ccccc1. The van der Waals surface area contributed by atoms with Gasteiger partial charge in [-0.05, 0) is 67.2 Å². The van der Waals surface area contributed by atoms with Crippen molar-refractivity contribution in [1.29, 1.82) is 0 Å². The van der Waals surface area contributed by atoms with Crippen molar-refractivity contribution >= 4 is 23.9 Å². The molecule has 0 aliphatic rings. The number of hydrogen-bond acceptors (Lipinski definition) is 8. The highest BCUT2D eigenvalue weighted by Gasteiger charge is 2.05. The number of unbranched alkanes of at least 4 members (excludes halogenated alkanes) is 25. The van der Waals surface area contributed by atoms with E-state index in [1.807, 2.05) is 128 Å². The lowest BCUT2D eigenvalue weighted by Crippen LogP contribution is -2.04. The van der Waals surface area contributed by atoms with Crippen LogP contribution >= 0.6 is 0 Å². The maximum atomic E-state index is 11.7. The lowest BCUT2D eigenvalue weighted by molar-refractivity contribution is -0.146. The van der Waals surface area contributed by atoms with E-state index >= 15 is 0 Å². The summed E-state index contributed by atoms with van der Waals surface area (Å²) in [6.45, 7) is 9.47. The van der Waals surface area contributed by atoms with Crippen molar-refractivity contribution in [2.45, 2.75) is 260 Å². The molecule has 0 amide bonds. The van der Waals surface area contributed by atoms with Crippen LogP contribution in [-0.2, 0) is 64.6 Å². The van der Waals surface area contributed by atoms with E-state index in [0.29, 0.717) is 45.7 Å². The van der Waals surface area contributed by atoms with Crippen molar-refractivity contribution in [3.05, 3.63) is 156 Å². The van der Waals surface area contributed by atoms with Crippen molar-refractivity contribution in [2.24, 2.45) is 0 Å². The predicted octanol–water partition coefficient (Wildman–Crippen LogP) is 20.0. The minimum atomic E-state index is -0.242. The van der Waals surface area contributed by atoms with Gasteiger partial charge >= 0.3 is 23.9 Å². The third kappa shape index (κ3) is 48.8. The molecule has 0 radical (unpaired) electrons. The summed E-state index contributed by atoms with van der Waals surface area (Å²) in [6, 6.07) is 39.0. The molecule has 0 saturated heterocycles. The average molecular weight is 1080 g/mol. The second-order valence-electron chi connectivity index (χ2n) is 20.5. The quantitative estimate of drug-likeness (QED) is 0.0187.